The van der Waals surface area contributed by atoms with Crippen molar-refractivity contribution in [1.29, 1.82) is 0 Å². The summed E-state index contributed by atoms with van der Waals surface area (Å²) in [6, 6.07) is 5.19. The number of hydrogen-bond acceptors (Lipinski definition) is 4. The van der Waals surface area contributed by atoms with Crippen LogP contribution in [-0.2, 0) is 4.79 Å². The topological polar surface area (TPSA) is 64.4 Å². The van der Waals surface area contributed by atoms with Crippen LogP contribution in [-0.4, -0.2) is 24.5 Å². The second kappa shape index (κ2) is 7.87. The first-order valence-corrected chi connectivity index (χ1v) is 7.14. The van der Waals surface area contributed by atoms with Crippen LogP contribution in [0.15, 0.2) is 18.2 Å². The Labute approximate surface area is 112 Å². The number of rotatable bonds is 7. The molecule has 1 amide bonds. The summed E-state index contributed by atoms with van der Waals surface area (Å²) < 4.78 is 5.17. The Bertz CT molecular complexity index is 397. The molecule has 0 heterocycles. The van der Waals surface area contributed by atoms with Crippen LogP contribution in [0.25, 0.3) is 0 Å². The third-order valence-corrected chi connectivity index (χ3v) is 3.51. The van der Waals surface area contributed by atoms with Crippen molar-refractivity contribution in [2.24, 2.45) is 0 Å². The van der Waals surface area contributed by atoms with E-state index in [1.54, 1.807) is 37.1 Å². The summed E-state index contributed by atoms with van der Waals surface area (Å²) in [5.74, 6) is 2.54. The summed E-state index contributed by atoms with van der Waals surface area (Å²) in [5.41, 5.74) is 6.92. The minimum atomic E-state index is -0.0116. The van der Waals surface area contributed by atoms with Gasteiger partial charge in [0.15, 0.2) is 0 Å². The molecule has 4 nitrogen and oxygen atoms in total. The zero-order valence-electron chi connectivity index (χ0n) is 10.9. The van der Waals surface area contributed by atoms with Crippen molar-refractivity contribution in [3.05, 3.63) is 18.2 Å². The summed E-state index contributed by atoms with van der Waals surface area (Å²) >= 11 is 1.79. The summed E-state index contributed by atoms with van der Waals surface area (Å²) in [4.78, 5) is 11.7. The maximum atomic E-state index is 11.7. The average Bonchev–Trinajstić information content (AvgIpc) is 2.35. The van der Waals surface area contributed by atoms with Crippen LogP contribution in [0, 0.1) is 0 Å². The fraction of sp³-hybridized carbons (Fsp3) is 0.462. The first kappa shape index (κ1) is 14.7. The van der Waals surface area contributed by atoms with E-state index in [4.69, 9.17) is 10.5 Å². The molecular formula is C13H20N2O2S. The Balaban J connectivity index is 2.50. The first-order chi connectivity index (χ1) is 8.67. The molecule has 100 valence electrons. The molecule has 3 N–H and O–H groups in total. The molecule has 0 spiro atoms. The number of amides is 1. The summed E-state index contributed by atoms with van der Waals surface area (Å²) in [5, 5.41) is 2.82. The molecule has 0 aromatic heterocycles. The number of carbonyl (C=O) groups is 1. The molecule has 0 aliphatic rings. The molecule has 0 saturated carbocycles. The lowest BCUT2D eigenvalue weighted by Crippen LogP contribution is -2.13. The quantitative estimate of drug-likeness (QED) is 0.589. The van der Waals surface area contributed by atoms with Crippen molar-refractivity contribution in [2.75, 3.05) is 29.7 Å². The third kappa shape index (κ3) is 4.87. The lowest BCUT2D eigenvalue weighted by molar-refractivity contribution is -0.115. The van der Waals surface area contributed by atoms with Crippen LogP contribution in [0.2, 0.25) is 0 Å². The highest BCUT2D eigenvalue weighted by molar-refractivity contribution is 7.99. The Morgan fingerprint density at radius 1 is 1.44 bits per heavy atom. The Kier molecular flexibility index (Phi) is 6.43. The van der Waals surface area contributed by atoms with Crippen molar-refractivity contribution in [3.8, 4) is 5.75 Å². The molecule has 0 radical (unpaired) electrons. The number of anilines is 2. The molecule has 1 rings (SSSR count). The van der Waals surface area contributed by atoms with E-state index < -0.39 is 0 Å². The number of hydrogen-bond donors (Lipinski definition) is 2. The average molecular weight is 268 g/mol. The van der Waals surface area contributed by atoms with Gasteiger partial charge < -0.3 is 15.8 Å². The maximum Gasteiger partial charge on any atom is 0.225 e. The van der Waals surface area contributed by atoms with Gasteiger partial charge in [0.1, 0.15) is 5.75 Å². The van der Waals surface area contributed by atoms with Gasteiger partial charge in [-0.15, -0.1) is 0 Å². The maximum absolute atomic E-state index is 11.7. The highest BCUT2D eigenvalue weighted by atomic mass is 32.2. The molecule has 0 bridgehead atoms. The predicted octanol–water partition coefficient (Wildman–Crippen LogP) is 2.75. The van der Waals surface area contributed by atoms with Crippen molar-refractivity contribution in [1.82, 2.24) is 0 Å². The zero-order valence-corrected chi connectivity index (χ0v) is 11.7. The molecule has 1 aromatic rings. The highest BCUT2D eigenvalue weighted by Gasteiger charge is 2.07. The second-order valence-electron chi connectivity index (χ2n) is 3.87. The minimum absolute atomic E-state index is 0.0116. The number of benzene rings is 1. The fourth-order valence-corrected chi connectivity index (χ4v) is 2.27. The van der Waals surface area contributed by atoms with Crippen molar-refractivity contribution >= 4 is 29.0 Å². The zero-order chi connectivity index (χ0) is 13.4. The van der Waals surface area contributed by atoms with Gasteiger partial charge in [0.05, 0.1) is 12.8 Å². The summed E-state index contributed by atoms with van der Waals surface area (Å²) in [7, 11) is 1.57. The van der Waals surface area contributed by atoms with E-state index in [-0.39, 0.29) is 5.91 Å². The van der Waals surface area contributed by atoms with Crippen molar-refractivity contribution in [2.45, 2.75) is 19.8 Å². The van der Waals surface area contributed by atoms with Crippen LogP contribution >= 0.6 is 11.8 Å². The fourth-order valence-electron chi connectivity index (χ4n) is 1.45. The number of nitrogen functional groups attached to an aromatic ring is 1. The number of ether oxygens (including phenoxy) is 1. The summed E-state index contributed by atoms with van der Waals surface area (Å²) in [6.45, 7) is 2.13. The number of methoxy groups -OCH3 is 1. The van der Waals surface area contributed by atoms with Gasteiger partial charge in [-0.2, -0.15) is 11.8 Å². The number of nitrogens with one attached hydrogen (secondary N) is 1. The molecule has 0 saturated heterocycles. The molecule has 0 atom stereocenters. The van der Waals surface area contributed by atoms with Crippen LogP contribution in [0.1, 0.15) is 19.8 Å². The molecule has 1 aromatic carbocycles. The second-order valence-corrected chi connectivity index (χ2v) is 5.10. The van der Waals surface area contributed by atoms with Crippen LogP contribution in [0.3, 0.4) is 0 Å². The Morgan fingerprint density at radius 3 is 2.89 bits per heavy atom. The molecule has 0 unspecified atom stereocenters. The van der Waals surface area contributed by atoms with Gasteiger partial charge in [-0.05, 0) is 30.4 Å². The Hall–Kier alpha value is -1.36. The van der Waals surface area contributed by atoms with E-state index in [2.05, 4.69) is 12.2 Å². The van der Waals surface area contributed by atoms with Crippen LogP contribution in [0.5, 0.6) is 5.75 Å². The molecule has 18 heavy (non-hydrogen) atoms. The molecule has 5 heteroatoms. The lowest BCUT2D eigenvalue weighted by atomic mass is 10.2. The summed E-state index contributed by atoms with van der Waals surface area (Å²) in [6.07, 6.45) is 1.64. The smallest absolute Gasteiger partial charge is 0.225 e. The van der Waals surface area contributed by atoms with Gasteiger partial charge in [0.25, 0.3) is 0 Å². The van der Waals surface area contributed by atoms with Crippen LogP contribution in [0.4, 0.5) is 11.4 Å². The molecule has 0 fully saturated rings. The van der Waals surface area contributed by atoms with E-state index in [1.165, 1.54) is 0 Å². The number of thioether (sulfide) groups is 1. The molecule has 0 aliphatic carbocycles. The number of carbonyl (C=O) groups excluding carboxylic acids is 1. The van der Waals surface area contributed by atoms with Gasteiger partial charge in [0.2, 0.25) is 5.91 Å². The Morgan fingerprint density at radius 2 is 2.22 bits per heavy atom. The molecule has 0 aliphatic heterocycles. The minimum Gasteiger partial charge on any atom is -0.495 e. The van der Waals surface area contributed by atoms with Gasteiger partial charge in [-0.25, -0.2) is 0 Å². The van der Waals surface area contributed by atoms with Gasteiger partial charge in [-0.1, -0.05) is 6.92 Å². The van der Waals surface area contributed by atoms with E-state index in [9.17, 15) is 4.79 Å². The van der Waals surface area contributed by atoms with Gasteiger partial charge >= 0.3 is 0 Å². The SMILES string of the molecule is CCCSCCC(=O)Nc1cc(N)ccc1OC. The lowest BCUT2D eigenvalue weighted by Gasteiger charge is -2.10. The predicted molar refractivity (Wildman–Crippen MR) is 78.3 cm³/mol. The largest absolute Gasteiger partial charge is 0.495 e. The van der Waals surface area contributed by atoms with E-state index >= 15 is 0 Å². The standard InChI is InChI=1S/C13H20N2O2S/c1-3-7-18-8-6-13(16)15-11-9-10(14)4-5-12(11)17-2/h4-5,9H,3,6-8,14H2,1-2H3,(H,15,16). The highest BCUT2D eigenvalue weighted by Crippen LogP contribution is 2.26. The normalized spacial score (nSPS) is 10.1. The number of nitrogens with two attached hydrogens (primary N) is 1. The first-order valence-electron chi connectivity index (χ1n) is 5.98. The van der Waals surface area contributed by atoms with Crippen molar-refractivity contribution < 1.29 is 9.53 Å². The molecular weight excluding hydrogens is 248 g/mol. The van der Waals surface area contributed by atoms with Gasteiger partial charge in [0, 0.05) is 17.9 Å². The monoisotopic (exact) mass is 268 g/mol. The van der Waals surface area contributed by atoms with E-state index in [0.29, 0.717) is 23.5 Å². The van der Waals surface area contributed by atoms with Crippen LogP contribution < -0.4 is 15.8 Å². The van der Waals surface area contributed by atoms with Crippen molar-refractivity contribution in [3.63, 3.8) is 0 Å². The van der Waals surface area contributed by atoms with E-state index in [1.807, 2.05) is 0 Å². The third-order valence-electron chi connectivity index (χ3n) is 2.32. The van der Waals surface area contributed by atoms with E-state index in [0.717, 1.165) is 17.9 Å². The van der Waals surface area contributed by atoms with Gasteiger partial charge in [-0.3, -0.25) is 4.79 Å².